The minimum Gasteiger partial charge on any atom is -0.322 e. The normalized spacial score (nSPS) is 18.6. The monoisotopic (exact) mass is 343 g/mol. The van der Waals surface area contributed by atoms with Crippen LogP contribution in [0.5, 0.6) is 0 Å². The number of hydrogen-bond acceptors (Lipinski definition) is 5. The second kappa shape index (κ2) is 6.86. The van der Waals surface area contributed by atoms with Gasteiger partial charge in [0.2, 0.25) is 5.13 Å². The maximum Gasteiger partial charge on any atom is 0.323 e. The molecule has 4 rings (SSSR count). The molecule has 1 saturated carbocycles. The van der Waals surface area contributed by atoms with Crippen LogP contribution in [0, 0.1) is 0 Å². The van der Waals surface area contributed by atoms with Crippen molar-refractivity contribution >= 4 is 22.5 Å². The average Bonchev–Trinajstić information content (AvgIpc) is 3.36. The first-order valence-electron chi connectivity index (χ1n) is 8.43. The Bertz CT molecular complexity index is 692. The van der Waals surface area contributed by atoms with E-state index in [9.17, 15) is 4.79 Å². The van der Waals surface area contributed by atoms with Gasteiger partial charge in [-0.3, -0.25) is 10.2 Å². The van der Waals surface area contributed by atoms with Crippen LogP contribution in [-0.2, 0) is 6.54 Å². The molecule has 2 aliphatic rings. The van der Waals surface area contributed by atoms with Gasteiger partial charge in [-0.15, -0.1) is 10.2 Å². The number of benzene rings is 1. The number of anilines is 1. The van der Waals surface area contributed by atoms with Gasteiger partial charge in [-0.1, -0.05) is 41.7 Å². The summed E-state index contributed by atoms with van der Waals surface area (Å²) >= 11 is 1.51. The number of amides is 2. The number of carbonyl (C=O) groups excluding carboxylic acids is 1. The zero-order valence-corrected chi connectivity index (χ0v) is 14.3. The third-order valence-corrected chi connectivity index (χ3v) is 5.49. The van der Waals surface area contributed by atoms with Crippen LogP contribution < -0.4 is 5.32 Å². The zero-order chi connectivity index (χ0) is 16.4. The minimum absolute atomic E-state index is 0.0622. The van der Waals surface area contributed by atoms with E-state index in [1.54, 1.807) is 0 Å². The van der Waals surface area contributed by atoms with E-state index in [1.165, 1.54) is 29.7 Å². The summed E-state index contributed by atoms with van der Waals surface area (Å²) < 4.78 is 0. The van der Waals surface area contributed by atoms with Crippen molar-refractivity contribution in [3.05, 3.63) is 40.9 Å². The van der Waals surface area contributed by atoms with Crippen LogP contribution in [0.3, 0.4) is 0 Å². The first-order chi connectivity index (χ1) is 11.8. The van der Waals surface area contributed by atoms with E-state index in [1.807, 2.05) is 11.0 Å². The van der Waals surface area contributed by atoms with Crippen molar-refractivity contribution in [2.75, 3.05) is 31.5 Å². The molecule has 0 atom stereocenters. The Balaban J connectivity index is 1.26. The van der Waals surface area contributed by atoms with E-state index in [4.69, 9.17) is 0 Å². The molecule has 0 radical (unpaired) electrons. The smallest absolute Gasteiger partial charge is 0.322 e. The summed E-state index contributed by atoms with van der Waals surface area (Å²) in [6, 6.07) is 10.4. The fraction of sp³-hybridized carbons (Fsp3) is 0.471. The molecule has 1 aromatic carbocycles. The predicted octanol–water partition coefficient (Wildman–Crippen LogP) is 2.77. The van der Waals surface area contributed by atoms with E-state index in [0.717, 1.165) is 37.7 Å². The zero-order valence-electron chi connectivity index (χ0n) is 13.5. The number of nitrogens with one attached hydrogen (secondary N) is 1. The summed E-state index contributed by atoms with van der Waals surface area (Å²) in [7, 11) is 0. The van der Waals surface area contributed by atoms with E-state index in [-0.39, 0.29) is 6.03 Å². The molecule has 1 aliphatic carbocycles. The SMILES string of the molecule is O=C(Nc1nnc(C2CC2)s1)N1CCN(Cc2ccccc2)CC1. The first kappa shape index (κ1) is 15.5. The molecule has 2 amide bonds. The molecule has 1 N–H and O–H groups in total. The van der Waals surface area contributed by atoms with Crippen LogP contribution in [0.4, 0.5) is 9.93 Å². The Kier molecular flexibility index (Phi) is 4.44. The maximum absolute atomic E-state index is 12.4. The lowest BCUT2D eigenvalue weighted by Gasteiger charge is -2.34. The van der Waals surface area contributed by atoms with Gasteiger partial charge in [0.1, 0.15) is 5.01 Å². The van der Waals surface area contributed by atoms with Crippen molar-refractivity contribution in [1.29, 1.82) is 0 Å². The minimum atomic E-state index is -0.0622. The van der Waals surface area contributed by atoms with Gasteiger partial charge in [-0.2, -0.15) is 0 Å². The summed E-state index contributed by atoms with van der Waals surface area (Å²) in [5.41, 5.74) is 1.32. The van der Waals surface area contributed by atoms with Gasteiger partial charge >= 0.3 is 6.03 Å². The highest BCUT2D eigenvalue weighted by atomic mass is 32.1. The number of carbonyl (C=O) groups is 1. The van der Waals surface area contributed by atoms with Crippen molar-refractivity contribution < 1.29 is 4.79 Å². The molecule has 6 nitrogen and oxygen atoms in total. The summed E-state index contributed by atoms with van der Waals surface area (Å²) in [5, 5.41) is 12.8. The molecule has 0 bridgehead atoms. The Hall–Kier alpha value is -1.99. The number of aromatic nitrogens is 2. The Morgan fingerprint density at radius 1 is 1.12 bits per heavy atom. The Morgan fingerprint density at radius 3 is 2.58 bits per heavy atom. The van der Waals surface area contributed by atoms with Gasteiger partial charge in [-0.05, 0) is 18.4 Å². The van der Waals surface area contributed by atoms with Crippen LogP contribution in [0.1, 0.15) is 29.3 Å². The molecule has 2 heterocycles. The number of urea groups is 1. The standard InChI is InChI=1S/C17H21N5OS/c23-17(18-16-20-19-15(24-16)14-6-7-14)22-10-8-21(9-11-22)12-13-4-2-1-3-5-13/h1-5,14H,6-12H2,(H,18,20,23). The van der Waals surface area contributed by atoms with Crippen LogP contribution >= 0.6 is 11.3 Å². The van der Waals surface area contributed by atoms with Gasteiger partial charge in [-0.25, -0.2) is 4.79 Å². The van der Waals surface area contributed by atoms with Gasteiger partial charge in [0.15, 0.2) is 0 Å². The molecular weight excluding hydrogens is 322 g/mol. The van der Waals surface area contributed by atoms with Crippen molar-refractivity contribution in [1.82, 2.24) is 20.0 Å². The van der Waals surface area contributed by atoms with Gasteiger partial charge in [0.25, 0.3) is 0 Å². The topological polar surface area (TPSA) is 61.4 Å². The Labute approximate surface area is 145 Å². The molecule has 0 unspecified atom stereocenters. The summed E-state index contributed by atoms with van der Waals surface area (Å²) in [6.07, 6.45) is 2.40. The highest BCUT2D eigenvalue weighted by Gasteiger charge is 2.28. The van der Waals surface area contributed by atoms with E-state index in [2.05, 4.69) is 44.7 Å². The average molecular weight is 343 g/mol. The van der Waals surface area contributed by atoms with Gasteiger partial charge in [0, 0.05) is 38.6 Å². The number of nitrogens with zero attached hydrogens (tertiary/aromatic N) is 4. The van der Waals surface area contributed by atoms with Crippen molar-refractivity contribution in [2.45, 2.75) is 25.3 Å². The lowest BCUT2D eigenvalue weighted by molar-refractivity contribution is 0.143. The number of rotatable bonds is 4. The molecule has 126 valence electrons. The molecule has 1 aliphatic heterocycles. The van der Waals surface area contributed by atoms with Crippen LogP contribution in [0.15, 0.2) is 30.3 Å². The second-order valence-corrected chi connectivity index (χ2v) is 7.41. The highest BCUT2D eigenvalue weighted by molar-refractivity contribution is 7.15. The quantitative estimate of drug-likeness (QED) is 0.927. The largest absolute Gasteiger partial charge is 0.323 e. The first-order valence-corrected chi connectivity index (χ1v) is 9.25. The van der Waals surface area contributed by atoms with Gasteiger partial charge in [0.05, 0.1) is 0 Å². The van der Waals surface area contributed by atoms with E-state index >= 15 is 0 Å². The van der Waals surface area contributed by atoms with Crippen molar-refractivity contribution in [3.63, 3.8) is 0 Å². The molecular formula is C17H21N5OS. The molecule has 0 spiro atoms. The lowest BCUT2D eigenvalue weighted by Crippen LogP contribution is -2.49. The van der Waals surface area contributed by atoms with Crippen molar-refractivity contribution in [2.24, 2.45) is 0 Å². The van der Waals surface area contributed by atoms with Crippen molar-refractivity contribution in [3.8, 4) is 0 Å². The molecule has 1 saturated heterocycles. The van der Waals surface area contributed by atoms with E-state index in [0.29, 0.717) is 11.0 Å². The highest BCUT2D eigenvalue weighted by Crippen LogP contribution is 2.42. The van der Waals surface area contributed by atoms with E-state index < -0.39 is 0 Å². The summed E-state index contributed by atoms with van der Waals surface area (Å²) in [5.74, 6) is 0.578. The van der Waals surface area contributed by atoms with Crippen LogP contribution in [0.2, 0.25) is 0 Å². The molecule has 7 heteroatoms. The fourth-order valence-electron chi connectivity index (χ4n) is 2.90. The second-order valence-electron chi connectivity index (χ2n) is 6.40. The summed E-state index contributed by atoms with van der Waals surface area (Å²) in [6.45, 7) is 4.22. The Morgan fingerprint density at radius 2 is 1.88 bits per heavy atom. The third-order valence-electron chi connectivity index (χ3n) is 4.49. The maximum atomic E-state index is 12.4. The fourth-order valence-corrected chi connectivity index (χ4v) is 3.80. The molecule has 2 fully saturated rings. The number of hydrogen-bond donors (Lipinski definition) is 1. The molecule has 2 aromatic rings. The number of piperazine rings is 1. The third kappa shape index (κ3) is 3.73. The molecule has 1 aromatic heterocycles. The van der Waals surface area contributed by atoms with Gasteiger partial charge < -0.3 is 4.90 Å². The summed E-state index contributed by atoms with van der Waals surface area (Å²) in [4.78, 5) is 16.6. The predicted molar refractivity (Wildman–Crippen MR) is 94.2 cm³/mol. The lowest BCUT2D eigenvalue weighted by atomic mass is 10.2. The van der Waals surface area contributed by atoms with Crippen LogP contribution in [0.25, 0.3) is 0 Å². The van der Waals surface area contributed by atoms with Crippen LogP contribution in [-0.4, -0.2) is 52.2 Å². The molecule has 24 heavy (non-hydrogen) atoms.